The molecule has 0 radical (unpaired) electrons. The molecule has 0 aromatic heterocycles. The minimum Gasteiger partial charge on any atom is -0.371 e. The first-order chi connectivity index (χ1) is 6.77. The van der Waals surface area contributed by atoms with E-state index in [0.29, 0.717) is 11.6 Å². The highest BCUT2D eigenvalue weighted by Gasteiger charge is 2.18. The third-order valence-corrected chi connectivity index (χ3v) is 2.56. The Labute approximate surface area is 87.0 Å². The van der Waals surface area contributed by atoms with Crippen LogP contribution in [0.4, 0.5) is 4.39 Å². The molecule has 1 heterocycles. The smallest absolute Gasteiger partial charge is 0.124 e. The van der Waals surface area contributed by atoms with E-state index < -0.39 is 0 Å². The lowest BCUT2D eigenvalue weighted by atomic mass is 10.1. The normalized spacial score (nSPS) is 22.3. The van der Waals surface area contributed by atoms with Gasteiger partial charge in [0.1, 0.15) is 5.82 Å². The number of rotatable bonds is 1. The molecule has 2 rings (SSSR count). The van der Waals surface area contributed by atoms with Crippen molar-refractivity contribution in [3.63, 3.8) is 0 Å². The van der Waals surface area contributed by atoms with Crippen LogP contribution in [0.15, 0.2) is 18.2 Å². The summed E-state index contributed by atoms with van der Waals surface area (Å²) in [6.07, 6.45) is -0.0585. The fourth-order valence-electron chi connectivity index (χ4n) is 1.53. The zero-order valence-electron chi connectivity index (χ0n) is 7.59. The van der Waals surface area contributed by atoms with E-state index in [9.17, 15) is 4.39 Å². The average molecular weight is 216 g/mol. The highest BCUT2D eigenvalue weighted by molar-refractivity contribution is 6.31. The van der Waals surface area contributed by atoms with Crippen LogP contribution in [-0.4, -0.2) is 19.7 Å². The molecule has 1 aliphatic heterocycles. The van der Waals surface area contributed by atoms with Gasteiger partial charge < -0.3 is 10.1 Å². The van der Waals surface area contributed by atoms with Crippen molar-refractivity contribution >= 4 is 11.6 Å². The van der Waals surface area contributed by atoms with Crippen molar-refractivity contribution in [3.8, 4) is 0 Å². The van der Waals surface area contributed by atoms with Crippen LogP contribution < -0.4 is 5.32 Å². The molecule has 1 aliphatic rings. The van der Waals surface area contributed by atoms with Gasteiger partial charge in [-0.25, -0.2) is 4.39 Å². The van der Waals surface area contributed by atoms with Crippen molar-refractivity contribution in [2.24, 2.45) is 0 Å². The molecule has 1 aromatic rings. The molecule has 1 saturated heterocycles. The second kappa shape index (κ2) is 4.26. The third-order valence-electron chi connectivity index (χ3n) is 2.24. The molecule has 0 spiro atoms. The van der Waals surface area contributed by atoms with E-state index in [1.54, 1.807) is 6.07 Å². The van der Waals surface area contributed by atoms with E-state index in [1.807, 2.05) is 0 Å². The van der Waals surface area contributed by atoms with Gasteiger partial charge in [-0.1, -0.05) is 17.7 Å². The van der Waals surface area contributed by atoms with Gasteiger partial charge in [0.05, 0.1) is 12.7 Å². The van der Waals surface area contributed by atoms with Crippen molar-refractivity contribution < 1.29 is 9.13 Å². The van der Waals surface area contributed by atoms with Crippen LogP contribution in [0, 0.1) is 5.82 Å². The molecule has 0 unspecified atom stereocenters. The molecule has 14 heavy (non-hydrogen) atoms. The molecular weight excluding hydrogens is 205 g/mol. The Morgan fingerprint density at radius 3 is 3.00 bits per heavy atom. The summed E-state index contributed by atoms with van der Waals surface area (Å²) in [5.74, 6) is -0.317. The van der Waals surface area contributed by atoms with Crippen molar-refractivity contribution in [2.45, 2.75) is 6.10 Å². The van der Waals surface area contributed by atoms with Crippen LogP contribution in [0.5, 0.6) is 0 Å². The van der Waals surface area contributed by atoms with Gasteiger partial charge in [-0.15, -0.1) is 0 Å². The van der Waals surface area contributed by atoms with Gasteiger partial charge >= 0.3 is 0 Å². The van der Waals surface area contributed by atoms with Crippen molar-refractivity contribution in [2.75, 3.05) is 19.7 Å². The lowest BCUT2D eigenvalue weighted by molar-refractivity contribution is 0.0277. The van der Waals surface area contributed by atoms with E-state index in [4.69, 9.17) is 16.3 Å². The Balaban J connectivity index is 2.22. The standard InChI is InChI=1S/C10H11ClFNO/c11-9-5-7(12)1-2-8(9)10-6-13-3-4-14-10/h1-2,5,10,13H,3-4,6H2/t10-/m1/s1. The summed E-state index contributed by atoms with van der Waals surface area (Å²) in [5.41, 5.74) is 0.847. The van der Waals surface area contributed by atoms with Gasteiger partial charge in [0.15, 0.2) is 0 Å². The molecule has 0 aliphatic carbocycles. The Morgan fingerprint density at radius 2 is 2.36 bits per heavy atom. The summed E-state index contributed by atoms with van der Waals surface area (Å²) >= 11 is 5.92. The Hall–Kier alpha value is -0.640. The van der Waals surface area contributed by atoms with Crippen molar-refractivity contribution in [1.82, 2.24) is 5.32 Å². The van der Waals surface area contributed by atoms with Crippen LogP contribution in [0.2, 0.25) is 5.02 Å². The monoisotopic (exact) mass is 215 g/mol. The van der Waals surface area contributed by atoms with Gasteiger partial charge in [0.25, 0.3) is 0 Å². The molecule has 0 amide bonds. The fraction of sp³-hybridized carbons (Fsp3) is 0.400. The predicted molar refractivity (Wildman–Crippen MR) is 53.0 cm³/mol. The maximum absolute atomic E-state index is 12.8. The molecule has 0 saturated carbocycles. The summed E-state index contributed by atoms with van der Waals surface area (Å²) < 4.78 is 18.3. The average Bonchev–Trinajstić information content (AvgIpc) is 2.19. The van der Waals surface area contributed by atoms with Gasteiger partial charge in [-0.05, 0) is 12.1 Å². The summed E-state index contributed by atoms with van der Waals surface area (Å²) in [6.45, 7) is 2.25. The van der Waals surface area contributed by atoms with Crippen LogP contribution in [0.3, 0.4) is 0 Å². The zero-order chi connectivity index (χ0) is 9.97. The molecule has 1 N–H and O–H groups in total. The molecule has 2 nitrogen and oxygen atoms in total. The van der Waals surface area contributed by atoms with Crippen molar-refractivity contribution in [3.05, 3.63) is 34.6 Å². The largest absolute Gasteiger partial charge is 0.371 e. The summed E-state index contributed by atoms with van der Waals surface area (Å²) in [5, 5.41) is 3.63. The first-order valence-corrected chi connectivity index (χ1v) is 4.92. The van der Waals surface area contributed by atoms with Gasteiger partial charge in [-0.2, -0.15) is 0 Å². The Bertz CT molecular complexity index is 326. The number of nitrogens with one attached hydrogen (secondary N) is 1. The minimum absolute atomic E-state index is 0.0585. The second-order valence-electron chi connectivity index (χ2n) is 3.23. The lowest BCUT2D eigenvalue weighted by Crippen LogP contribution is -2.33. The molecule has 0 bridgehead atoms. The summed E-state index contributed by atoms with van der Waals surface area (Å²) in [7, 11) is 0. The Morgan fingerprint density at radius 1 is 1.50 bits per heavy atom. The Kier molecular flexibility index (Phi) is 3.01. The number of ether oxygens (including phenoxy) is 1. The number of halogens is 2. The molecule has 1 fully saturated rings. The van der Waals surface area contributed by atoms with Gasteiger partial charge in [0, 0.05) is 23.7 Å². The number of morpholine rings is 1. The van der Waals surface area contributed by atoms with Crippen molar-refractivity contribution in [1.29, 1.82) is 0 Å². The molecule has 1 aromatic carbocycles. The van der Waals surface area contributed by atoms with Gasteiger partial charge in [-0.3, -0.25) is 0 Å². The quantitative estimate of drug-likeness (QED) is 0.775. The van der Waals surface area contributed by atoms with E-state index in [0.717, 1.165) is 18.7 Å². The third kappa shape index (κ3) is 2.05. The number of hydrogen-bond acceptors (Lipinski definition) is 2. The highest BCUT2D eigenvalue weighted by Crippen LogP contribution is 2.26. The first-order valence-electron chi connectivity index (χ1n) is 4.54. The number of benzene rings is 1. The fourth-order valence-corrected chi connectivity index (χ4v) is 1.82. The minimum atomic E-state index is -0.317. The SMILES string of the molecule is Fc1ccc([C@H]2CNCCO2)c(Cl)c1. The van der Waals surface area contributed by atoms with Crippen LogP contribution in [0.25, 0.3) is 0 Å². The number of hydrogen-bond donors (Lipinski definition) is 1. The maximum atomic E-state index is 12.8. The van der Waals surface area contributed by atoms with Crippen LogP contribution in [0.1, 0.15) is 11.7 Å². The second-order valence-corrected chi connectivity index (χ2v) is 3.64. The lowest BCUT2D eigenvalue weighted by Gasteiger charge is -2.24. The van der Waals surface area contributed by atoms with E-state index in [-0.39, 0.29) is 11.9 Å². The van der Waals surface area contributed by atoms with Crippen LogP contribution in [-0.2, 0) is 4.74 Å². The first kappa shape index (κ1) is 9.90. The highest BCUT2D eigenvalue weighted by atomic mass is 35.5. The predicted octanol–water partition coefficient (Wildman–Crippen LogP) is 2.14. The molecule has 76 valence electrons. The molecular formula is C10H11ClFNO. The summed E-state index contributed by atoms with van der Waals surface area (Å²) in [6, 6.07) is 4.39. The summed E-state index contributed by atoms with van der Waals surface area (Å²) in [4.78, 5) is 0. The zero-order valence-corrected chi connectivity index (χ0v) is 8.35. The van der Waals surface area contributed by atoms with Gasteiger partial charge in [0.2, 0.25) is 0 Å². The molecule has 1 atom stereocenters. The van der Waals surface area contributed by atoms with E-state index in [1.165, 1.54) is 12.1 Å². The van der Waals surface area contributed by atoms with E-state index >= 15 is 0 Å². The van der Waals surface area contributed by atoms with E-state index in [2.05, 4.69) is 5.32 Å². The topological polar surface area (TPSA) is 21.3 Å². The molecule has 4 heteroatoms. The van der Waals surface area contributed by atoms with Crippen LogP contribution >= 0.6 is 11.6 Å². The maximum Gasteiger partial charge on any atom is 0.124 e.